The van der Waals surface area contributed by atoms with Crippen LogP contribution in [0.15, 0.2) is 6.20 Å². The number of aromatic nitrogens is 2. The Balaban J connectivity index is 2.89. The molecular formula is C7H13N5O2. The summed E-state index contributed by atoms with van der Waals surface area (Å²) in [7, 11) is 1.63. The zero-order valence-electron chi connectivity index (χ0n) is 8.10. The minimum atomic E-state index is -0.474. The first kappa shape index (κ1) is 10.5. The number of aryl methyl sites for hydroxylation is 1. The average molecular weight is 199 g/mol. The van der Waals surface area contributed by atoms with Gasteiger partial charge in [0.15, 0.2) is 0 Å². The molecular weight excluding hydrogens is 186 g/mol. The Bertz CT molecular complexity index is 335. The van der Waals surface area contributed by atoms with Crippen molar-refractivity contribution in [3.63, 3.8) is 0 Å². The second-order valence-corrected chi connectivity index (χ2v) is 3.07. The van der Waals surface area contributed by atoms with E-state index in [0.29, 0.717) is 6.54 Å². The highest BCUT2D eigenvalue weighted by molar-refractivity contribution is 5.54. The first-order valence-corrected chi connectivity index (χ1v) is 4.19. The molecule has 1 atom stereocenters. The molecule has 1 unspecified atom stereocenters. The summed E-state index contributed by atoms with van der Waals surface area (Å²) < 4.78 is 1.39. The molecule has 1 aromatic heterocycles. The summed E-state index contributed by atoms with van der Waals surface area (Å²) in [6, 6.07) is -0.0383. The lowest BCUT2D eigenvalue weighted by Crippen LogP contribution is -2.25. The fourth-order valence-corrected chi connectivity index (χ4v) is 1.00. The molecule has 0 spiro atoms. The van der Waals surface area contributed by atoms with E-state index in [1.165, 1.54) is 10.9 Å². The summed E-state index contributed by atoms with van der Waals surface area (Å²) in [4.78, 5) is 10.1. The van der Waals surface area contributed by atoms with Crippen LogP contribution in [0.5, 0.6) is 0 Å². The standard InChI is InChI=1S/C7H13N5O2/c1-5(3-8)9-7-6(12(13)14)4-11(2)10-7/h4-5H,3,8H2,1-2H3,(H,9,10). The fraction of sp³-hybridized carbons (Fsp3) is 0.571. The van der Waals surface area contributed by atoms with E-state index in [0.717, 1.165) is 0 Å². The third kappa shape index (κ3) is 2.19. The molecule has 0 aliphatic carbocycles. The maximum absolute atomic E-state index is 10.6. The third-order valence-corrected chi connectivity index (χ3v) is 1.74. The van der Waals surface area contributed by atoms with Crippen molar-refractivity contribution in [1.29, 1.82) is 0 Å². The van der Waals surface area contributed by atoms with Crippen molar-refractivity contribution >= 4 is 11.5 Å². The van der Waals surface area contributed by atoms with E-state index in [2.05, 4.69) is 10.4 Å². The summed E-state index contributed by atoms with van der Waals surface area (Å²) in [5.74, 6) is 0.260. The van der Waals surface area contributed by atoms with Crippen LogP contribution in [0, 0.1) is 10.1 Å². The zero-order valence-corrected chi connectivity index (χ0v) is 8.10. The highest BCUT2D eigenvalue weighted by Gasteiger charge is 2.19. The number of hydrogen-bond donors (Lipinski definition) is 2. The lowest BCUT2D eigenvalue weighted by atomic mass is 10.3. The van der Waals surface area contributed by atoms with Gasteiger partial charge in [0.1, 0.15) is 6.20 Å². The number of nitro groups is 1. The molecule has 0 amide bonds. The molecule has 14 heavy (non-hydrogen) atoms. The number of nitrogens with one attached hydrogen (secondary N) is 1. The van der Waals surface area contributed by atoms with Crippen molar-refractivity contribution in [2.45, 2.75) is 13.0 Å². The maximum atomic E-state index is 10.6. The van der Waals surface area contributed by atoms with Crippen molar-refractivity contribution in [3.05, 3.63) is 16.3 Å². The number of nitrogens with two attached hydrogens (primary N) is 1. The molecule has 0 bridgehead atoms. The van der Waals surface area contributed by atoms with Gasteiger partial charge >= 0.3 is 5.69 Å². The van der Waals surface area contributed by atoms with E-state index in [4.69, 9.17) is 5.73 Å². The van der Waals surface area contributed by atoms with Crippen molar-refractivity contribution < 1.29 is 4.92 Å². The van der Waals surface area contributed by atoms with Crippen molar-refractivity contribution in [2.24, 2.45) is 12.8 Å². The second kappa shape index (κ2) is 4.05. The molecule has 0 saturated heterocycles. The summed E-state index contributed by atoms with van der Waals surface area (Å²) in [6.45, 7) is 2.23. The van der Waals surface area contributed by atoms with Gasteiger partial charge in [0.2, 0.25) is 5.82 Å². The van der Waals surface area contributed by atoms with E-state index in [1.54, 1.807) is 7.05 Å². The Kier molecular flexibility index (Phi) is 3.03. The molecule has 1 rings (SSSR count). The van der Waals surface area contributed by atoms with Gasteiger partial charge in [0, 0.05) is 19.6 Å². The molecule has 3 N–H and O–H groups in total. The quantitative estimate of drug-likeness (QED) is 0.528. The van der Waals surface area contributed by atoms with E-state index >= 15 is 0 Å². The molecule has 78 valence electrons. The Morgan fingerprint density at radius 1 is 1.86 bits per heavy atom. The highest BCUT2D eigenvalue weighted by atomic mass is 16.6. The van der Waals surface area contributed by atoms with Crippen LogP contribution in [-0.4, -0.2) is 27.3 Å². The van der Waals surface area contributed by atoms with E-state index in [9.17, 15) is 10.1 Å². The minimum absolute atomic E-state index is 0.0344. The van der Waals surface area contributed by atoms with Crippen molar-refractivity contribution in [1.82, 2.24) is 9.78 Å². The SMILES string of the molecule is CC(CN)Nc1nn(C)cc1[N+](=O)[O-]. The fourth-order valence-electron chi connectivity index (χ4n) is 1.00. The summed E-state index contributed by atoms with van der Waals surface area (Å²) in [5.41, 5.74) is 5.35. The van der Waals surface area contributed by atoms with Crippen molar-refractivity contribution in [3.8, 4) is 0 Å². The monoisotopic (exact) mass is 199 g/mol. The van der Waals surface area contributed by atoms with Gasteiger partial charge in [-0.3, -0.25) is 14.8 Å². The van der Waals surface area contributed by atoms with Crippen LogP contribution in [0.3, 0.4) is 0 Å². The van der Waals surface area contributed by atoms with E-state index in [-0.39, 0.29) is 17.5 Å². The Morgan fingerprint density at radius 3 is 3.00 bits per heavy atom. The third-order valence-electron chi connectivity index (χ3n) is 1.74. The van der Waals surface area contributed by atoms with Crippen LogP contribution >= 0.6 is 0 Å². The maximum Gasteiger partial charge on any atom is 0.330 e. The van der Waals surface area contributed by atoms with Gasteiger partial charge in [-0.1, -0.05) is 0 Å². The molecule has 0 aliphatic heterocycles. The summed E-state index contributed by atoms with van der Waals surface area (Å²) in [6.07, 6.45) is 1.35. The molecule has 0 aromatic carbocycles. The summed E-state index contributed by atoms with van der Waals surface area (Å²) in [5, 5.41) is 17.4. The predicted octanol–water partition coefficient (Wildman–Crippen LogP) is 0.0874. The van der Waals surface area contributed by atoms with E-state index in [1.807, 2.05) is 6.92 Å². The Morgan fingerprint density at radius 2 is 2.50 bits per heavy atom. The van der Waals surface area contributed by atoms with Gasteiger partial charge in [0.25, 0.3) is 0 Å². The first-order chi connectivity index (χ1) is 6.54. The topological polar surface area (TPSA) is 99.0 Å². The van der Waals surface area contributed by atoms with Crippen molar-refractivity contribution in [2.75, 3.05) is 11.9 Å². The van der Waals surface area contributed by atoms with Gasteiger partial charge in [-0.05, 0) is 6.92 Å². The number of rotatable bonds is 4. The largest absolute Gasteiger partial charge is 0.359 e. The van der Waals surface area contributed by atoms with Crippen LogP contribution in [0.25, 0.3) is 0 Å². The second-order valence-electron chi connectivity index (χ2n) is 3.07. The van der Waals surface area contributed by atoms with Gasteiger partial charge in [0.05, 0.1) is 4.92 Å². The minimum Gasteiger partial charge on any atom is -0.359 e. The Labute approximate surface area is 81.0 Å². The molecule has 7 heteroatoms. The lowest BCUT2D eigenvalue weighted by Gasteiger charge is -2.08. The van der Waals surface area contributed by atoms with Gasteiger partial charge < -0.3 is 11.1 Å². The molecule has 7 nitrogen and oxygen atoms in total. The van der Waals surface area contributed by atoms with E-state index < -0.39 is 4.92 Å². The average Bonchev–Trinajstić information content (AvgIpc) is 2.46. The molecule has 1 heterocycles. The molecule has 0 radical (unpaired) electrons. The molecule has 1 aromatic rings. The number of anilines is 1. The first-order valence-electron chi connectivity index (χ1n) is 4.19. The molecule has 0 aliphatic rings. The highest BCUT2D eigenvalue weighted by Crippen LogP contribution is 2.21. The number of hydrogen-bond acceptors (Lipinski definition) is 5. The van der Waals surface area contributed by atoms with Crippen LogP contribution in [0.1, 0.15) is 6.92 Å². The number of nitrogens with zero attached hydrogens (tertiary/aromatic N) is 3. The van der Waals surface area contributed by atoms with Gasteiger partial charge in [-0.2, -0.15) is 0 Å². The normalized spacial score (nSPS) is 12.5. The molecule has 0 saturated carbocycles. The Hall–Kier alpha value is -1.63. The zero-order chi connectivity index (χ0) is 10.7. The smallest absolute Gasteiger partial charge is 0.330 e. The lowest BCUT2D eigenvalue weighted by molar-refractivity contribution is -0.384. The van der Waals surface area contributed by atoms with Gasteiger partial charge in [-0.15, -0.1) is 5.10 Å². The van der Waals surface area contributed by atoms with Crippen LogP contribution in [0.4, 0.5) is 11.5 Å². The van der Waals surface area contributed by atoms with Crippen LogP contribution in [-0.2, 0) is 7.05 Å². The molecule has 0 fully saturated rings. The summed E-state index contributed by atoms with van der Waals surface area (Å²) >= 11 is 0. The van der Waals surface area contributed by atoms with Crippen LogP contribution < -0.4 is 11.1 Å². The van der Waals surface area contributed by atoms with Crippen LogP contribution in [0.2, 0.25) is 0 Å². The van der Waals surface area contributed by atoms with Gasteiger partial charge in [-0.25, -0.2) is 0 Å². The predicted molar refractivity (Wildman–Crippen MR) is 52.0 cm³/mol.